The van der Waals surface area contributed by atoms with E-state index in [-0.39, 0.29) is 6.54 Å². The molecule has 0 aliphatic heterocycles. The maximum atomic E-state index is 12.9. The lowest BCUT2D eigenvalue weighted by atomic mass is 10.1. The summed E-state index contributed by atoms with van der Waals surface area (Å²) in [6.07, 6.45) is -1.13. The van der Waals surface area contributed by atoms with Crippen molar-refractivity contribution >= 4 is 34.6 Å². The second-order valence-corrected chi connectivity index (χ2v) is 7.58. The Hall–Kier alpha value is -3.03. The molecule has 31 heavy (non-hydrogen) atoms. The van der Waals surface area contributed by atoms with Crippen LogP contribution in [0.4, 0.5) is 13.2 Å². The number of rotatable bonds is 4. The maximum absolute atomic E-state index is 12.9. The lowest BCUT2D eigenvalue weighted by Crippen LogP contribution is -2.23. The molecule has 4 aromatic rings. The molecule has 2 aromatic heterocycles. The van der Waals surface area contributed by atoms with Gasteiger partial charge in [0, 0.05) is 18.3 Å². The van der Waals surface area contributed by atoms with Gasteiger partial charge in [-0.3, -0.25) is 9.20 Å². The van der Waals surface area contributed by atoms with Gasteiger partial charge >= 0.3 is 6.18 Å². The Morgan fingerprint density at radius 1 is 1.03 bits per heavy atom. The molecule has 0 radical (unpaired) electrons. The van der Waals surface area contributed by atoms with Crippen LogP contribution >= 0.6 is 23.2 Å². The van der Waals surface area contributed by atoms with Crippen LogP contribution in [0.25, 0.3) is 16.9 Å². The molecule has 0 aliphatic rings. The zero-order valence-electron chi connectivity index (χ0n) is 15.8. The number of hydrogen-bond donors (Lipinski definition) is 1. The first-order valence-corrected chi connectivity index (χ1v) is 9.85. The number of carbonyl (C=O) groups excluding carboxylic acids is 1. The number of benzene rings is 2. The van der Waals surface area contributed by atoms with Gasteiger partial charge in [0.05, 0.1) is 32.9 Å². The van der Waals surface area contributed by atoms with Crippen LogP contribution in [0.3, 0.4) is 0 Å². The van der Waals surface area contributed by atoms with Crippen molar-refractivity contribution in [2.75, 3.05) is 0 Å². The minimum Gasteiger partial charge on any atom is -0.348 e. The molecule has 4 nitrogen and oxygen atoms in total. The Bertz CT molecular complexity index is 1280. The van der Waals surface area contributed by atoms with E-state index in [9.17, 15) is 18.0 Å². The summed E-state index contributed by atoms with van der Waals surface area (Å²) in [5.41, 5.74) is 1.19. The summed E-state index contributed by atoms with van der Waals surface area (Å²) in [7, 11) is 0. The third-order valence-corrected chi connectivity index (χ3v) is 5.44. The van der Waals surface area contributed by atoms with E-state index in [4.69, 9.17) is 23.2 Å². The fourth-order valence-corrected chi connectivity index (χ4v) is 3.50. The number of carbonyl (C=O) groups is 1. The van der Waals surface area contributed by atoms with Gasteiger partial charge in [0.15, 0.2) is 0 Å². The number of imidazole rings is 1. The van der Waals surface area contributed by atoms with Crippen LogP contribution in [0, 0.1) is 0 Å². The molecule has 1 amide bonds. The van der Waals surface area contributed by atoms with Gasteiger partial charge < -0.3 is 5.32 Å². The van der Waals surface area contributed by atoms with Crippen molar-refractivity contribution in [3.63, 3.8) is 0 Å². The molecule has 2 aromatic carbocycles. The SMILES string of the molecule is O=C(NCc1cccc(C(F)(F)F)c1)c1cccn2c(-c3ccc(Cl)c(Cl)c3)ncc12. The number of hydrogen-bond acceptors (Lipinski definition) is 2. The molecule has 158 valence electrons. The van der Waals surface area contributed by atoms with Crippen LogP contribution in [0.5, 0.6) is 0 Å². The molecule has 1 N–H and O–H groups in total. The number of aromatic nitrogens is 2. The third-order valence-electron chi connectivity index (χ3n) is 4.70. The first-order chi connectivity index (χ1) is 14.7. The number of nitrogens with one attached hydrogen (secondary N) is 1. The van der Waals surface area contributed by atoms with Gasteiger partial charge in [0.2, 0.25) is 0 Å². The summed E-state index contributed by atoms with van der Waals surface area (Å²) in [5.74, 6) is 0.143. The predicted molar refractivity (Wildman–Crippen MR) is 113 cm³/mol. The molecule has 0 unspecified atom stereocenters. The number of nitrogens with zero attached hydrogens (tertiary/aromatic N) is 2. The summed E-state index contributed by atoms with van der Waals surface area (Å²) < 4.78 is 40.4. The van der Waals surface area contributed by atoms with Crippen LogP contribution in [0.1, 0.15) is 21.5 Å². The molecular weight excluding hydrogens is 450 g/mol. The second-order valence-electron chi connectivity index (χ2n) is 6.77. The van der Waals surface area contributed by atoms with Crippen LogP contribution in [0.2, 0.25) is 10.0 Å². The van der Waals surface area contributed by atoms with Crippen LogP contribution in [0.15, 0.2) is 67.0 Å². The molecule has 0 spiro atoms. The maximum Gasteiger partial charge on any atom is 0.416 e. The number of halogens is 5. The van der Waals surface area contributed by atoms with Gasteiger partial charge in [-0.25, -0.2) is 4.98 Å². The minimum absolute atomic E-state index is 0.0441. The van der Waals surface area contributed by atoms with E-state index in [0.29, 0.717) is 32.5 Å². The first-order valence-electron chi connectivity index (χ1n) is 9.10. The average Bonchev–Trinajstić information content (AvgIpc) is 3.18. The average molecular weight is 464 g/mol. The molecule has 4 rings (SSSR count). The first kappa shape index (κ1) is 21.2. The summed E-state index contributed by atoms with van der Waals surface area (Å²) >= 11 is 12.1. The standard InChI is InChI=1S/C22H14Cl2F3N3O/c23-17-7-6-14(10-18(17)24)20-28-12-19-16(5-2-8-30(19)20)21(31)29-11-13-3-1-4-15(9-13)22(25,26)27/h1-10,12H,11H2,(H,29,31). The topological polar surface area (TPSA) is 46.4 Å². The van der Waals surface area contributed by atoms with Crippen molar-refractivity contribution in [2.45, 2.75) is 12.7 Å². The number of alkyl halides is 3. The monoisotopic (exact) mass is 463 g/mol. The van der Waals surface area contributed by atoms with Gasteiger partial charge in [0.1, 0.15) is 5.82 Å². The van der Waals surface area contributed by atoms with Crippen molar-refractivity contribution in [1.29, 1.82) is 0 Å². The van der Waals surface area contributed by atoms with Crippen LogP contribution in [-0.2, 0) is 12.7 Å². The lowest BCUT2D eigenvalue weighted by Gasteiger charge is -2.10. The summed E-state index contributed by atoms with van der Waals surface area (Å²) in [4.78, 5) is 17.1. The Morgan fingerprint density at radius 3 is 2.58 bits per heavy atom. The van der Waals surface area contributed by atoms with E-state index in [1.807, 2.05) is 0 Å². The highest BCUT2D eigenvalue weighted by Gasteiger charge is 2.30. The van der Waals surface area contributed by atoms with Crippen molar-refractivity contribution in [1.82, 2.24) is 14.7 Å². The summed E-state index contributed by atoms with van der Waals surface area (Å²) in [5, 5.41) is 3.46. The fraction of sp³-hybridized carbons (Fsp3) is 0.0909. The Balaban J connectivity index is 1.59. The number of fused-ring (bicyclic) bond motifs is 1. The zero-order chi connectivity index (χ0) is 22.2. The molecular formula is C22H14Cl2F3N3O. The molecule has 0 bridgehead atoms. The molecule has 0 saturated carbocycles. The smallest absolute Gasteiger partial charge is 0.348 e. The number of pyridine rings is 1. The quantitative estimate of drug-likeness (QED) is 0.388. The van der Waals surface area contributed by atoms with Crippen molar-refractivity contribution in [2.24, 2.45) is 0 Å². The Labute approximate surface area is 185 Å². The highest BCUT2D eigenvalue weighted by molar-refractivity contribution is 6.42. The second kappa shape index (κ2) is 8.24. The molecule has 9 heteroatoms. The van der Waals surface area contributed by atoms with Crippen molar-refractivity contribution in [3.05, 3.63) is 93.7 Å². The van der Waals surface area contributed by atoms with Gasteiger partial charge in [-0.15, -0.1) is 0 Å². The van der Waals surface area contributed by atoms with E-state index in [1.165, 1.54) is 12.1 Å². The largest absolute Gasteiger partial charge is 0.416 e. The molecule has 0 fully saturated rings. The van der Waals surface area contributed by atoms with E-state index < -0.39 is 17.6 Å². The van der Waals surface area contributed by atoms with Gasteiger partial charge in [-0.05, 0) is 48.0 Å². The third kappa shape index (κ3) is 4.38. The molecule has 2 heterocycles. The summed E-state index contributed by atoms with van der Waals surface area (Å²) in [6, 6.07) is 13.3. The zero-order valence-corrected chi connectivity index (χ0v) is 17.3. The van der Waals surface area contributed by atoms with Crippen molar-refractivity contribution in [3.8, 4) is 11.4 Å². The van der Waals surface area contributed by atoms with E-state index >= 15 is 0 Å². The molecule has 0 atom stereocenters. The van der Waals surface area contributed by atoms with E-state index in [2.05, 4.69) is 10.3 Å². The fourth-order valence-electron chi connectivity index (χ4n) is 3.20. The van der Waals surface area contributed by atoms with E-state index in [1.54, 1.807) is 47.1 Å². The highest BCUT2D eigenvalue weighted by atomic mass is 35.5. The van der Waals surface area contributed by atoms with Crippen LogP contribution < -0.4 is 5.32 Å². The van der Waals surface area contributed by atoms with Gasteiger partial charge in [-0.2, -0.15) is 13.2 Å². The highest BCUT2D eigenvalue weighted by Crippen LogP contribution is 2.30. The van der Waals surface area contributed by atoms with Gasteiger partial charge in [0.25, 0.3) is 5.91 Å². The molecule has 0 saturated heterocycles. The van der Waals surface area contributed by atoms with Gasteiger partial charge in [-0.1, -0.05) is 35.3 Å². The Morgan fingerprint density at radius 2 is 1.84 bits per heavy atom. The van der Waals surface area contributed by atoms with Crippen molar-refractivity contribution < 1.29 is 18.0 Å². The minimum atomic E-state index is -4.44. The molecule has 0 aliphatic carbocycles. The van der Waals surface area contributed by atoms with E-state index in [0.717, 1.165) is 17.7 Å². The normalized spacial score (nSPS) is 11.6. The number of amides is 1. The predicted octanol–water partition coefficient (Wildman–Crippen LogP) is 6.26. The summed E-state index contributed by atoms with van der Waals surface area (Å²) in [6.45, 7) is -0.0441. The van der Waals surface area contributed by atoms with Crippen LogP contribution in [-0.4, -0.2) is 15.3 Å². The lowest BCUT2D eigenvalue weighted by molar-refractivity contribution is -0.137. The Kier molecular flexibility index (Phi) is 5.64.